The van der Waals surface area contributed by atoms with Crippen molar-refractivity contribution in [3.05, 3.63) is 89.2 Å². The summed E-state index contributed by atoms with van der Waals surface area (Å²) < 4.78 is 46.8. The van der Waals surface area contributed by atoms with Gasteiger partial charge in [-0.15, -0.1) is 0 Å². The Morgan fingerprint density at radius 3 is 2.62 bits per heavy atom. The molecular weight excluding hydrogens is 415 g/mol. The number of aromatic amines is 1. The lowest BCUT2D eigenvalue weighted by Crippen LogP contribution is -2.32. The van der Waals surface area contributed by atoms with Crippen molar-refractivity contribution < 1.29 is 17.2 Å². The van der Waals surface area contributed by atoms with E-state index in [9.17, 15) is 12.8 Å². The van der Waals surface area contributed by atoms with Gasteiger partial charge in [0, 0.05) is 28.7 Å². The highest BCUT2D eigenvalue weighted by Crippen LogP contribution is 2.24. The highest BCUT2D eigenvalue weighted by Gasteiger charge is 2.25. The van der Waals surface area contributed by atoms with Gasteiger partial charge in [-0.2, -0.15) is 4.31 Å². The van der Waals surface area contributed by atoms with Crippen molar-refractivity contribution in [2.45, 2.75) is 17.9 Å². The molecule has 0 aliphatic carbocycles. The largest absolute Gasteiger partial charge is 0.468 e. The number of hydrogen-bond donors (Lipinski definition) is 1. The second-order valence-corrected chi connectivity index (χ2v) is 9.00. The lowest BCUT2D eigenvalue weighted by atomic mass is 10.1. The average Bonchev–Trinajstić information content (AvgIpc) is 3.35. The molecule has 0 spiro atoms. The van der Waals surface area contributed by atoms with Crippen LogP contribution in [0.5, 0.6) is 0 Å². The Morgan fingerprint density at radius 2 is 1.90 bits per heavy atom. The van der Waals surface area contributed by atoms with Gasteiger partial charge < -0.3 is 9.40 Å². The molecule has 0 saturated heterocycles. The molecule has 29 heavy (non-hydrogen) atoms. The predicted molar refractivity (Wildman–Crippen MR) is 110 cm³/mol. The van der Waals surface area contributed by atoms with Crippen LogP contribution in [0.2, 0.25) is 5.02 Å². The summed E-state index contributed by atoms with van der Waals surface area (Å²) in [5.74, 6) is 0.201. The van der Waals surface area contributed by atoms with Gasteiger partial charge in [0.25, 0.3) is 0 Å². The van der Waals surface area contributed by atoms with Crippen molar-refractivity contribution >= 4 is 32.5 Å². The van der Waals surface area contributed by atoms with Crippen LogP contribution in [-0.4, -0.2) is 24.3 Å². The number of halogens is 2. The summed E-state index contributed by atoms with van der Waals surface area (Å²) in [5, 5.41) is 1.20. The van der Waals surface area contributed by atoms with Crippen LogP contribution in [0.3, 0.4) is 0 Å². The van der Waals surface area contributed by atoms with E-state index in [0.717, 1.165) is 16.5 Å². The number of H-pyrrole nitrogens is 1. The molecule has 2 aromatic carbocycles. The molecule has 2 aromatic heterocycles. The zero-order chi connectivity index (χ0) is 20.4. The molecule has 8 heteroatoms. The molecule has 1 N–H and O–H groups in total. The summed E-state index contributed by atoms with van der Waals surface area (Å²) in [4.78, 5) is 3.24. The predicted octanol–water partition coefficient (Wildman–Crippen LogP) is 4.99. The summed E-state index contributed by atoms with van der Waals surface area (Å²) in [5.41, 5.74) is 1.65. The molecule has 150 valence electrons. The molecule has 0 bridgehead atoms. The molecule has 0 aliphatic heterocycles. The van der Waals surface area contributed by atoms with Gasteiger partial charge in [0.1, 0.15) is 11.6 Å². The molecule has 0 amide bonds. The topological polar surface area (TPSA) is 66.3 Å². The number of aromatic nitrogens is 1. The molecule has 4 rings (SSSR count). The van der Waals surface area contributed by atoms with Crippen molar-refractivity contribution in [1.82, 2.24) is 9.29 Å². The molecule has 0 atom stereocenters. The van der Waals surface area contributed by atoms with E-state index in [2.05, 4.69) is 4.98 Å². The van der Waals surface area contributed by atoms with E-state index in [1.165, 1.54) is 34.8 Å². The minimum absolute atomic E-state index is 0.0919. The Balaban J connectivity index is 1.63. The third kappa shape index (κ3) is 4.22. The summed E-state index contributed by atoms with van der Waals surface area (Å²) in [7, 11) is -3.78. The van der Waals surface area contributed by atoms with Crippen molar-refractivity contribution in [3.8, 4) is 0 Å². The van der Waals surface area contributed by atoms with Gasteiger partial charge in [0.2, 0.25) is 10.0 Å². The monoisotopic (exact) mass is 432 g/mol. The summed E-state index contributed by atoms with van der Waals surface area (Å²) >= 11 is 5.90. The molecule has 0 fully saturated rings. The fraction of sp³-hybridized carbons (Fsp3) is 0.143. The molecular formula is C21H18ClFN2O3S. The minimum atomic E-state index is -3.78. The molecule has 4 aromatic rings. The van der Waals surface area contributed by atoms with E-state index >= 15 is 0 Å². The van der Waals surface area contributed by atoms with Crippen LogP contribution in [0.25, 0.3) is 10.9 Å². The maximum Gasteiger partial charge on any atom is 0.243 e. The number of sulfonamides is 1. The first-order valence-electron chi connectivity index (χ1n) is 8.97. The van der Waals surface area contributed by atoms with Crippen LogP contribution < -0.4 is 0 Å². The number of nitrogens with one attached hydrogen (secondary N) is 1. The smallest absolute Gasteiger partial charge is 0.243 e. The van der Waals surface area contributed by atoms with Crippen LogP contribution in [-0.2, 0) is 23.0 Å². The summed E-state index contributed by atoms with van der Waals surface area (Å²) in [6.45, 7) is 0.295. The standard InChI is InChI=1S/C21H18ClFN2O3S/c22-16-3-6-19(7-4-16)29(26,27)25(14-18-2-1-11-28-18)10-9-15-13-24-21-8-5-17(23)12-20(15)21/h1-8,11-13,24H,9-10,14H2. The van der Waals surface area contributed by atoms with Crippen LogP contribution >= 0.6 is 11.6 Å². The Labute approximate surface area is 172 Å². The third-order valence-electron chi connectivity index (χ3n) is 4.72. The number of nitrogens with zero attached hydrogens (tertiary/aromatic N) is 1. The number of hydrogen-bond acceptors (Lipinski definition) is 3. The first kappa shape index (κ1) is 19.7. The van der Waals surface area contributed by atoms with Crippen LogP contribution in [0, 0.1) is 5.82 Å². The van der Waals surface area contributed by atoms with Crippen LogP contribution in [0.1, 0.15) is 11.3 Å². The molecule has 0 unspecified atom stereocenters. The van der Waals surface area contributed by atoms with Crippen molar-refractivity contribution in [2.24, 2.45) is 0 Å². The zero-order valence-corrected chi connectivity index (χ0v) is 16.9. The Bertz CT molecular complexity index is 1220. The van der Waals surface area contributed by atoms with E-state index in [1.54, 1.807) is 36.5 Å². The maximum absolute atomic E-state index is 13.6. The van der Waals surface area contributed by atoms with Gasteiger partial charge in [-0.05, 0) is 66.6 Å². The Hall–Kier alpha value is -2.61. The number of benzene rings is 2. The van der Waals surface area contributed by atoms with E-state index < -0.39 is 10.0 Å². The number of furan rings is 1. The molecule has 0 radical (unpaired) electrons. The van der Waals surface area contributed by atoms with E-state index in [-0.39, 0.29) is 23.8 Å². The van der Waals surface area contributed by atoms with Crippen LogP contribution in [0.15, 0.2) is 76.4 Å². The van der Waals surface area contributed by atoms with Gasteiger partial charge in [-0.3, -0.25) is 0 Å². The Morgan fingerprint density at radius 1 is 1.10 bits per heavy atom. The van der Waals surface area contributed by atoms with Gasteiger partial charge >= 0.3 is 0 Å². The molecule has 0 aliphatic rings. The first-order chi connectivity index (χ1) is 13.9. The fourth-order valence-corrected chi connectivity index (χ4v) is 4.75. The van der Waals surface area contributed by atoms with E-state index in [4.69, 9.17) is 16.0 Å². The van der Waals surface area contributed by atoms with Crippen molar-refractivity contribution in [3.63, 3.8) is 0 Å². The van der Waals surface area contributed by atoms with Gasteiger partial charge in [0.15, 0.2) is 0 Å². The Kier molecular flexibility index (Phi) is 5.45. The van der Waals surface area contributed by atoms with E-state index in [0.29, 0.717) is 17.2 Å². The number of rotatable bonds is 7. The summed E-state index contributed by atoms with van der Waals surface area (Å²) in [6.07, 6.45) is 3.70. The second-order valence-electron chi connectivity index (χ2n) is 6.63. The van der Waals surface area contributed by atoms with E-state index in [1.807, 2.05) is 0 Å². The lowest BCUT2D eigenvalue weighted by molar-refractivity contribution is 0.366. The molecule has 2 heterocycles. The first-order valence-corrected chi connectivity index (χ1v) is 10.8. The quantitative estimate of drug-likeness (QED) is 0.447. The maximum atomic E-state index is 13.6. The second kappa shape index (κ2) is 8.02. The average molecular weight is 433 g/mol. The SMILES string of the molecule is O=S(=O)(c1ccc(Cl)cc1)N(CCc1c[nH]c2ccc(F)cc12)Cc1ccco1. The molecule has 0 saturated carbocycles. The highest BCUT2D eigenvalue weighted by molar-refractivity contribution is 7.89. The third-order valence-corrected chi connectivity index (χ3v) is 6.84. The normalized spacial score (nSPS) is 12.1. The minimum Gasteiger partial charge on any atom is -0.468 e. The molecule has 5 nitrogen and oxygen atoms in total. The van der Waals surface area contributed by atoms with Gasteiger partial charge in [-0.1, -0.05) is 11.6 Å². The van der Waals surface area contributed by atoms with Gasteiger partial charge in [0.05, 0.1) is 17.7 Å². The highest BCUT2D eigenvalue weighted by atomic mass is 35.5. The van der Waals surface area contributed by atoms with Crippen LogP contribution in [0.4, 0.5) is 4.39 Å². The summed E-state index contributed by atoms with van der Waals surface area (Å²) in [6, 6.07) is 14.0. The van der Waals surface area contributed by atoms with Gasteiger partial charge in [-0.25, -0.2) is 12.8 Å². The number of fused-ring (bicyclic) bond motifs is 1. The fourth-order valence-electron chi connectivity index (χ4n) is 3.22. The van der Waals surface area contributed by atoms with Crippen molar-refractivity contribution in [2.75, 3.05) is 6.54 Å². The lowest BCUT2D eigenvalue weighted by Gasteiger charge is -2.21. The zero-order valence-electron chi connectivity index (χ0n) is 15.3. The van der Waals surface area contributed by atoms with Crippen molar-refractivity contribution in [1.29, 1.82) is 0 Å².